The molecule has 1 aromatic rings. The smallest absolute Gasteiger partial charge is 0.407 e. The van der Waals surface area contributed by atoms with Crippen molar-refractivity contribution in [3.63, 3.8) is 0 Å². The molecule has 0 aliphatic rings. The van der Waals surface area contributed by atoms with Crippen LogP contribution in [0.4, 0.5) is 16.4 Å². The van der Waals surface area contributed by atoms with Crippen LogP contribution >= 0.6 is 11.6 Å². The summed E-state index contributed by atoms with van der Waals surface area (Å²) >= 11 is 5.75. The van der Waals surface area contributed by atoms with Crippen molar-refractivity contribution >= 4 is 47.2 Å². The number of nitrogens with zero attached hydrogens (tertiary/aromatic N) is 3. The van der Waals surface area contributed by atoms with Gasteiger partial charge in [-0.3, -0.25) is 15.1 Å². The summed E-state index contributed by atoms with van der Waals surface area (Å²) in [6, 6.07) is -0.944. The molecule has 0 radical (unpaired) electrons. The zero-order valence-corrected chi connectivity index (χ0v) is 19.2. The Kier molecular flexibility index (Phi) is 12.3. The van der Waals surface area contributed by atoms with Crippen molar-refractivity contribution in [3.05, 3.63) is 10.8 Å². The van der Waals surface area contributed by atoms with E-state index in [1.807, 2.05) is 0 Å². The Hall–Kier alpha value is -3.39. The number of esters is 1. The minimum Gasteiger partial charge on any atom is -0.467 e. The molecule has 8 N–H and O–H groups in total. The highest BCUT2D eigenvalue weighted by molar-refractivity contribution is 6.31. The molecule has 14 nitrogen and oxygen atoms in total. The number of aromatic nitrogens is 2. The number of anilines is 2. The van der Waals surface area contributed by atoms with Crippen molar-refractivity contribution in [1.82, 2.24) is 20.6 Å². The summed E-state index contributed by atoms with van der Waals surface area (Å²) in [4.78, 5) is 46.5. The van der Waals surface area contributed by atoms with Gasteiger partial charge in [0.05, 0.1) is 20.8 Å². The first-order valence-corrected chi connectivity index (χ1v) is 10.3. The number of hydrogen-bond acceptors (Lipinski definition) is 11. The lowest BCUT2D eigenvalue weighted by Crippen LogP contribution is -2.44. The molecule has 15 heteroatoms. The summed E-state index contributed by atoms with van der Waals surface area (Å²) in [6.07, 6.45) is 2.38. The largest absolute Gasteiger partial charge is 0.467 e. The number of nitrogen functional groups attached to an aromatic ring is 2. The molecule has 0 saturated carbocycles. The second-order valence-electron chi connectivity index (χ2n) is 6.56. The van der Waals surface area contributed by atoms with Gasteiger partial charge in [-0.1, -0.05) is 24.4 Å². The maximum absolute atomic E-state index is 12.1. The Bertz CT molecular complexity index is 853. The highest BCUT2D eigenvalue weighted by Crippen LogP contribution is 2.17. The van der Waals surface area contributed by atoms with Gasteiger partial charge in [0.1, 0.15) is 0 Å². The fourth-order valence-corrected chi connectivity index (χ4v) is 2.53. The van der Waals surface area contributed by atoms with Crippen LogP contribution in [0.15, 0.2) is 4.99 Å². The molecule has 1 heterocycles. The van der Waals surface area contributed by atoms with Gasteiger partial charge in [0.15, 0.2) is 34.5 Å². The third-order valence-electron chi connectivity index (χ3n) is 4.09. The number of ether oxygens (including phenoxy) is 3. The number of carbonyl (C=O) groups is 3. The van der Waals surface area contributed by atoms with Gasteiger partial charge in [-0.15, -0.1) is 0 Å². The molecule has 1 rings (SSSR count). The first-order chi connectivity index (χ1) is 15.7. The Balaban J connectivity index is 2.25. The predicted molar refractivity (Wildman–Crippen MR) is 120 cm³/mol. The van der Waals surface area contributed by atoms with Crippen LogP contribution in [0.1, 0.15) is 36.2 Å². The zero-order chi connectivity index (χ0) is 24.8. The SMILES string of the molecule is COC(=O)N[C@H](COCCCCCCN=C(N)NC(=O)c1nc(Cl)c(N)nc1N)C(=O)OC. The quantitative estimate of drug-likeness (QED) is 0.112. The lowest BCUT2D eigenvalue weighted by atomic mass is 10.2. The van der Waals surface area contributed by atoms with Crippen molar-refractivity contribution in [2.45, 2.75) is 31.7 Å². The van der Waals surface area contributed by atoms with E-state index in [-0.39, 0.29) is 35.0 Å². The number of methoxy groups -OCH3 is 2. The standard InChI is InChI=1S/C18H29ClN8O6/c1-31-16(29)10(24-18(30)32-2)9-33-8-6-4-3-5-7-23-17(22)27-15(28)11-13(20)26-14(21)12(19)25-11/h10H,3-9H2,1-2H3,(H,24,30)(H4,20,21,26)(H3,22,23,27,28)/t10-/m1/s1. The van der Waals surface area contributed by atoms with Crippen molar-refractivity contribution in [2.24, 2.45) is 10.7 Å². The minimum absolute atomic E-state index is 0.0313. The fourth-order valence-electron chi connectivity index (χ4n) is 2.41. The molecular formula is C18H29ClN8O6. The number of nitrogens with one attached hydrogen (secondary N) is 2. The number of rotatable bonds is 12. The summed E-state index contributed by atoms with van der Waals surface area (Å²) < 4.78 is 14.5. The normalized spacial score (nSPS) is 12.0. The molecule has 0 bridgehead atoms. The molecule has 0 aromatic carbocycles. The number of nitrogens with two attached hydrogens (primary N) is 3. The van der Waals surface area contributed by atoms with Crippen LogP contribution in [-0.4, -0.2) is 73.9 Å². The Labute approximate surface area is 195 Å². The highest BCUT2D eigenvalue weighted by atomic mass is 35.5. The van der Waals surface area contributed by atoms with Crippen molar-refractivity contribution in [3.8, 4) is 0 Å². The van der Waals surface area contributed by atoms with Gasteiger partial charge in [-0.25, -0.2) is 19.6 Å². The molecule has 184 valence electrons. The van der Waals surface area contributed by atoms with Gasteiger partial charge in [0.2, 0.25) is 0 Å². The molecular weight excluding hydrogens is 460 g/mol. The molecule has 0 unspecified atom stereocenters. The van der Waals surface area contributed by atoms with Crippen LogP contribution in [0.25, 0.3) is 0 Å². The van der Waals surface area contributed by atoms with Gasteiger partial charge < -0.3 is 36.7 Å². The number of amides is 2. The molecule has 0 aliphatic carbocycles. The van der Waals surface area contributed by atoms with E-state index in [4.69, 9.17) is 33.5 Å². The van der Waals surface area contributed by atoms with Crippen LogP contribution in [-0.2, 0) is 19.0 Å². The number of hydrogen-bond donors (Lipinski definition) is 5. The molecule has 1 atom stereocenters. The van der Waals surface area contributed by atoms with E-state index in [0.717, 1.165) is 25.7 Å². The fraction of sp³-hybridized carbons (Fsp3) is 0.556. The van der Waals surface area contributed by atoms with Gasteiger partial charge >= 0.3 is 12.1 Å². The average Bonchev–Trinajstić information content (AvgIpc) is 2.78. The Morgan fingerprint density at radius 2 is 1.76 bits per heavy atom. The summed E-state index contributed by atoms with van der Waals surface area (Å²) in [5.74, 6) is -1.68. The Morgan fingerprint density at radius 3 is 2.42 bits per heavy atom. The van der Waals surface area contributed by atoms with Crippen LogP contribution < -0.4 is 27.8 Å². The molecule has 0 spiro atoms. The molecule has 33 heavy (non-hydrogen) atoms. The number of alkyl carbamates (subject to hydrolysis) is 1. The Morgan fingerprint density at radius 1 is 1.06 bits per heavy atom. The van der Waals surface area contributed by atoms with E-state index >= 15 is 0 Å². The van der Waals surface area contributed by atoms with Crippen LogP contribution in [0.3, 0.4) is 0 Å². The average molecular weight is 489 g/mol. The van der Waals surface area contributed by atoms with Crippen LogP contribution in [0, 0.1) is 0 Å². The van der Waals surface area contributed by atoms with E-state index in [9.17, 15) is 14.4 Å². The maximum atomic E-state index is 12.1. The molecule has 0 saturated heterocycles. The van der Waals surface area contributed by atoms with E-state index in [1.54, 1.807) is 0 Å². The number of guanidine groups is 1. The third kappa shape index (κ3) is 10.2. The number of unbranched alkanes of at least 4 members (excludes halogenated alkanes) is 3. The third-order valence-corrected chi connectivity index (χ3v) is 4.37. The second kappa shape index (κ2) is 14.6. The molecule has 0 fully saturated rings. The van der Waals surface area contributed by atoms with Gasteiger partial charge in [-0.2, -0.15) is 0 Å². The van der Waals surface area contributed by atoms with Gasteiger partial charge in [-0.05, 0) is 12.8 Å². The number of halogens is 1. The van der Waals surface area contributed by atoms with Crippen molar-refractivity contribution in [2.75, 3.05) is 45.4 Å². The monoisotopic (exact) mass is 488 g/mol. The molecule has 0 aliphatic heterocycles. The first kappa shape index (κ1) is 27.6. The topological polar surface area (TPSA) is 219 Å². The van der Waals surface area contributed by atoms with Crippen molar-refractivity contribution < 1.29 is 28.6 Å². The zero-order valence-electron chi connectivity index (χ0n) is 18.4. The number of aliphatic imine (C=N–C) groups is 1. The molecule has 2 amide bonds. The summed E-state index contributed by atoms with van der Waals surface area (Å²) in [6.45, 7) is 0.755. The maximum Gasteiger partial charge on any atom is 0.407 e. The van der Waals surface area contributed by atoms with E-state index in [0.29, 0.717) is 13.2 Å². The van der Waals surface area contributed by atoms with E-state index < -0.39 is 24.0 Å². The summed E-state index contributed by atoms with van der Waals surface area (Å²) in [5.41, 5.74) is 16.6. The minimum atomic E-state index is -0.944. The second-order valence-corrected chi connectivity index (χ2v) is 6.91. The molecule has 1 aromatic heterocycles. The highest BCUT2D eigenvalue weighted by Gasteiger charge is 2.22. The van der Waals surface area contributed by atoms with E-state index in [1.165, 1.54) is 14.2 Å². The van der Waals surface area contributed by atoms with Gasteiger partial charge in [0, 0.05) is 13.2 Å². The number of carbonyl (C=O) groups excluding carboxylic acids is 3. The summed E-state index contributed by atoms with van der Waals surface area (Å²) in [5, 5.41) is 4.55. The first-order valence-electron chi connectivity index (χ1n) is 9.89. The lowest BCUT2D eigenvalue weighted by Gasteiger charge is -2.15. The van der Waals surface area contributed by atoms with Crippen LogP contribution in [0.5, 0.6) is 0 Å². The summed E-state index contributed by atoms with van der Waals surface area (Å²) in [7, 11) is 2.41. The van der Waals surface area contributed by atoms with Crippen LogP contribution in [0.2, 0.25) is 5.15 Å². The van der Waals surface area contributed by atoms with Crippen molar-refractivity contribution in [1.29, 1.82) is 0 Å². The van der Waals surface area contributed by atoms with Gasteiger partial charge in [0.25, 0.3) is 5.91 Å². The lowest BCUT2D eigenvalue weighted by molar-refractivity contribution is -0.144. The van der Waals surface area contributed by atoms with E-state index in [2.05, 4.69) is 35.1 Å². The predicted octanol–water partition coefficient (Wildman–Crippen LogP) is -0.186.